The predicted octanol–water partition coefficient (Wildman–Crippen LogP) is 2.12. The van der Waals surface area contributed by atoms with Gasteiger partial charge in [-0.15, -0.1) is 11.3 Å². The van der Waals surface area contributed by atoms with Gasteiger partial charge >= 0.3 is 0 Å². The van der Waals surface area contributed by atoms with Crippen molar-refractivity contribution in [2.45, 2.75) is 6.04 Å². The summed E-state index contributed by atoms with van der Waals surface area (Å²) in [5, 5.41) is 5.86. The Morgan fingerprint density at radius 1 is 1.59 bits per heavy atom. The van der Waals surface area contributed by atoms with E-state index in [-0.39, 0.29) is 6.04 Å². The van der Waals surface area contributed by atoms with Gasteiger partial charge in [0.2, 0.25) is 0 Å². The Balaban J connectivity index is 2.15. The molecule has 2 aromatic heterocycles. The minimum absolute atomic E-state index is 0.232. The van der Waals surface area contributed by atoms with E-state index in [0.29, 0.717) is 18.3 Å². The lowest BCUT2D eigenvalue weighted by atomic mass is 10.3. The molecule has 0 aliphatic rings. The molecule has 0 radical (unpaired) electrons. The number of nitrogens with zero attached hydrogens (tertiary/aromatic N) is 3. The third-order valence-electron chi connectivity index (χ3n) is 2.15. The lowest BCUT2D eigenvalue weighted by molar-refractivity contribution is 0.357. The van der Waals surface area contributed by atoms with E-state index in [9.17, 15) is 0 Å². The van der Waals surface area contributed by atoms with Crippen molar-refractivity contribution < 1.29 is 4.52 Å². The highest BCUT2D eigenvalue weighted by Gasteiger charge is 2.16. The van der Waals surface area contributed by atoms with E-state index in [1.807, 2.05) is 30.4 Å². The van der Waals surface area contributed by atoms with Crippen molar-refractivity contribution in [3.05, 3.63) is 21.1 Å². The van der Waals surface area contributed by atoms with Gasteiger partial charge in [-0.3, -0.25) is 0 Å². The standard InChI is InChI=1S/C10H13BrN4OS/c1-15(2)4-7(12)9-13-10(16-14-9)6-3-8(11)17-5-6/h3,5,7H,4,12H2,1-2H3. The van der Waals surface area contributed by atoms with Crippen LogP contribution in [0, 0.1) is 0 Å². The van der Waals surface area contributed by atoms with Crippen LogP contribution in [0.4, 0.5) is 0 Å². The number of nitrogens with two attached hydrogens (primary N) is 1. The lowest BCUT2D eigenvalue weighted by Gasteiger charge is -2.12. The third-order valence-corrected chi connectivity index (χ3v) is 3.65. The van der Waals surface area contributed by atoms with E-state index in [2.05, 4.69) is 26.1 Å². The highest BCUT2D eigenvalue weighted by Crippen LogP contribution is 2.28. The van der Waals surface area contributed by atoms with Crippen LogP contribution < -0.4 is 5.73 Å². The molecule has 0 aromatic carbocycles. The zero-order chi connectivity index (χ0) is 12.4. The van der Waals surface area contributed by atoms with Crippen molar-refractivity contribution in [1.29, 1.82) is 0 Å². The van der Waals surface area contributed by atoms with Gasteiger partial charge in [-0.05, 0) is 36.1 Å². The molecule has 0 amide bonds. The van der Waals surface area contributed by atoms with E-state index in [4.69, 9.17) is 10.3 Å². The van der Waals surface area contributed by atoms with E-state index in [1.165, 1.54) is 0 Å². The fraction of sp³-hybridized carbons (Fsp3) is 0.400. The molecular formula is C10H13BrN4OS. The van der Waals surface area contributed by atoms with Crippen LogP contribution in [0.2, 0.25) is 0 Å². The Kier molecular flexibility index (Phi) is 3.93. The Morgan fingerprint density at radius 3 is 2.94 bits per heavy atom. The van der Waals surface area contributed by atoms with Crippen LogP contribution in [0.25, 0.3) is 11.5 Å². The summed E-state index contributed by atoms with van der Waals surface area (Å²) in [7, 11) is 3.91. The third kappa shape index (κ3) is 3.12. The number of halogens is 1. The number of hydrogen-bond acceptors (Lipinski definition) is 6. The first-order valence-electron chi connectivity index (χ1n) is 5.04. The Morgan fingerprint density at radius 2 is 2.35 bits per heavy atom. The summed E-state index contributed by atoms with van der Waals surface area (Å²) in [6.07, 6.45) is 0. The molecule has 17 heavy (non-hydrogen) atoms. The molecule has 0 aliphatic carbocycles. The van der Waals surface area contributed by atoms with Gasteiger partial charge in [0.25, 0.3) is 5.89 Å². The number of aromatic nitrogens is 2. The number of rotatable bonds is 4. The number of thiophene rings is 1. The predicted molar refractivity (Wildman–Crippen MR) is 70.8 cm³/mol. The fourth-order valence-electron chi connectivity index (χ4n) is 1.40. The van der Waals surface area contributed by atoms with Crippen molar-refractivity contribution in [2.24, 2.45) is 5.73 Å². The highest BCUT2D eigenvalue weighted by molar-refractivity contribution is 9.11. The van der Waals surface area contributed by atoms with Gasteiger partial charge in [0, 0.05) is 11.9 Å². The summed E-state index contributed by atoms with van der Waals surface area (Å²) in [5.74, 6) is 1.05. The van der Waals surface area contributed by atoms with Gasteiger partial charge in [0.05, 0.1) is 15.4 Å². The topological polar surface area (TPSA) is 68.2 Å². The number of hydrogen-bond donors (Lipinski definition) is 1. The molecule has 2 aromatic rings. The Bertz CT molecular complexity index is 496. The smallest absolute Gasteiger partial charge is 0.258 e. The first kappa shape index (κ1) is 12.7. The molecule has 0 saturated heterocycles. The lowest BCUT2D eigenvalue weighted by Crippen LogP contribution is -2.26. The van der Waals surface area contributed by atoms with Crippen LogP contribution in [0.15, 0.2) is 19.8 Å². The van der Waals surface area contributed by atoms with Gasteiger partial charge < -0.3 is 15.2 Å². The molecule has 0 aliphatic heterocycles. The summed E-state index contributed by atoms with van der Waals surface area (Å²) < 4.78 is 6.23. The average molecular weight is 317 g/mol. The number of likely N-dealkylation sites (N-methyl/N-ethyl adjacent to an activating group) is 1. The van der Waals surface area contributed by atoms with Crippen LogP contribution in [-0.4, -0.2) is 35.7 Å². The molecule has 2 N–H and O–H groups in total. The Hall–Kier alpha value is -0.760. The van der Waals surface area contributed by atoms with E-state index < -0.39 is 0 Å². The molecule has 0 fully saturated rings. The maximum Gasteiger partial charge on any atom is 0.258 e. The van der Waals surface area contributed by atoms with Crippen LogP contribution in [0.1, 0.15) is 11.9 Å². The largest absolute Gasteiger partial charge is 0.334 e. The second-order valence-electron chi connectivity index (χ2n) is 3.97. The van der Waals surface area contributed by atoms with Gasteiger partial charge in [-0.25, -0.2) is 0 Å². The zero-order valence-electron chi connectivity index (χ0n) is 9.55. The van der Waals surface area contributed by atoms with E-state index >= 15 is 0 Å². The molecule has 2 rings (SSSR count). The second kappa shape index (κ2) is 5.26. The van der Waals surface area contributed by atoms with Crippen molar-refractivity contribution >= 4 is 27.3 Å². The molecular weight excluding hydrogens is 304 g/mol. The molecule has 1 unspecified atom stereocenters. The summed E-state index contributed by atoms with van der Waals surface area (Å²) in [4.78, 5) is 6.29. The SMILES string of the molecule is CN(C)CC(N)c1noc(-c2csc(Br)c2)n1. The molecule has 92 valence electrons. The van der Waals surface area contributed by atoms with Crippen LogP contribution in [-0.2, 0) is 0 Å². The summed E-state index contributed by atoms with van der Waals surface area (Å²) in [6, 6.07) is 1.71. The summed E-state index contributed by atoms with van der Waals surface area (Å²) in [6.45, 7) is 0.687. The molecule has 5 nitrogen and oxygen atoms in total. The van der Waals surface area contributed by atoms with Gasteiger partial charge in [-0.2, -0.15) is 4.98 Å². The summed E-state index contributed by atoms with van der Waals surface area (Å²) >= 11 is 4.97. The normalized spacial score (nSPS) is 13.2. The zero-order valence-corrected chi connectivity index (χ0v) is 12.0. The van der Waals surface area contributed by atoms with Crippen LogP contribution in [0.5, 0.6) is 0 Å². The van der Waals surface area contributed by atoms with Gasteiger partial charge in [0.15, 0.2) is 5.82 Å². The molecule has 2 heterocycles. The van der Waals surface area contributed by atoms with Gasteiger partial charge in [-0.1, -0.05) is 5.16 Å². The first-order valence-corrected chi connectivity index (χ1v) is 6.72. The van der Waals surface area contributed by atoms with Gasteiger partial charge in [0.1, 0.15) is 0 Å². The quantitative estimate of drug-likeness (QED) is 0.935. The molecule has 1 atom stereocenters. The maximum atomic E-state index is 5.96. The molecule has 0 spiro atoms. The van der Waals surface area contributed by atoms with Crippen LogP contribution in [0.3, 0.4) is 0 Å². The Labute approximate surface area is 112 Å². The molecule has 0 saturated carbocycles. The minimum Gasteiger partial charge on any atom is -0.334 e. The second-order valence-corrected chi connectivity index (χ2v) is 6.26. The molecule has 7 heteroatoms. The monoisotopic (exact) mass is 316 g/mol. The van der Waals surface area contributed by atoms with Crippen molar-refractivity contribution in [3.63, 3.8) is 0 Å². The highest BCUT2D eigenvalue weighted by atomic mass is 79.9. The first-order chi connectivity index (χ1) is 8.06. The molecule has 0 bridgehead atoms. The van der Waals surface area contributed by atoms with E-state index in [1.54, 1.807) is 11.3 Å². The van der Waals surface area contributed by atoms with E-state index in [0.717, 1.165) is 9.35 Å². The van der Waals surface area contributed by atoms with Crippen LogP contribution >= 0.6 is 27.3 Å². The van der Waals surface area contributed by atoms with Crippen molar-refractivity contribution in [3.8, 4) is 11.5 Å². The fourth-order valence-corrected chi connectivity index (χ4v) is 2.53. The van der Waals surface area contributed by atoms with Crippen molar-refractivity contribution in [2.75, 3.05) is 20.6 Å². The average Bonchev–Trinajstić information content (AvgIpc) is 2.84. The maximum absolute atomic E-state index is 5.96. The minimum atomic E-state index is -0.232. The van der Waals surface area contributed by atoms with Crippen molar-refractivity contribution in [1.82, 2.24) is 15.0 Å². The summed E-state index contributed by atoms with van der Waals surface area (Å²) in [5.41, 5.74) is 6.87.